The molecule has 5 heteroatoms. The second-order valence-corrected chi connectivity index (χ2v) is 4.88. The molecule has 0 radical (unpaired) electrons. The van der Waals surface area contributed by atoms with Crippen molar-refractivity contribution in [1.29, 1.82) is 0 Å². The summed E-state index contributed by atoms with van der Waals surface area (Å²) in [7, 11) is 0. The highest BCUT2D eigenvalue weighted by Crippen LogP contribution is 2.09. The molecule has 0 aliphatic rings. The van der Waals surface area contributed by atoms with Gasteiger partial charge in [0, 0.05) is 24.1 Å². The van der Waals surface area contributed by atoms with Gasteiger partial charge >= 0.3 is 5.69 Å². The average molecular weight is 272 g/mol. The molecular formula is C15H20N4O. The minimum absolute atomic E-state index is 0.206. The summed E-state index contributed by atoms with van der Waals surface area (Å²) in [6.07, 6.45) is 2.81. The first-order valence-electron chi connectivity index (χ1n) is 6.84. The normalized spacial score (nSPS) is 10.6. The van der Waals surface area contributed by atoms with Crippen molar-refractivity contribution in [3.63, 3.8) is 0 Å². The average Bonchev–Trinajstić information content (AvgIpc) is 2.41. The first-order chi connectivity index (χ1) is 9.60. The molecule has 5 nitrogen and oxygen atoms in total. The lowest BCUT2D eigenvalue weighted by Crippen LogP contribution is -2.26. The number of aryl methyl sites for hydroxylation is 2. The maximum atomic E-state index is 11.9. The topological polar surface area (TPSA) is 59.8 Å². The lowest BCUT2D eigenvalue weighted by atomic mass is 10.2. The minimum atomic E-state index is -0.206. The van der Waals surface area contributed by atoms with Gasteiger partial charge in [-0.25, -0.2) is 9.78 Å². The second-order valence-electron chi connectivity index (χ2n) is 4.88. The minimum Gasteiger partial charge on any atom is -0.370 e. The van der Waals surface area contributed by atoms with E-state index in [1.807, 2.05) is 32.0 Å². The summed E-state index contributed by atoms with van der Waals surface area (Å²) in [5.74, 6) is 0.843. The molecule has 0 aromatic carbocycles. The summed E-state index contributed by atoms with van der Waals surface area (Å²) in [4.78, 5) is 20.2. The van der Waals surface area contributed by atoms with Gasteiger partial charge in [-0.1, -0.05) is 6.92 Å². The summed E-state index contributed by atoms with van der Waals surface area (Å²) >= 11 is 0. The van der Waals surface area contributed by atoms with Gasteiger partial charge in [0.2, 0.25) is 0 Å². The van der Waals surface area contributed by atoms with Gasteiger partial charge in [-0.15, -0.1) is 0 Å². The van der Waals surface area contributed by atoms with E-state index in [1.165, 1.54) is 0 Å². The lowest BCUT2D eigenvalue weighted by Gasteiger charge is -2.11. The van der Waals surface area contributed by atoms with E-state index < -0.39 is 0 Å². The number of nitrogens with one attached hydrogen (secondary N) is 1. The summed E-state index contributed by atoms with van der Waals surface area (Å²) < 4.78 is 1.67. The molecule has 0 bridgehead atoms. The highest BCUT2D eigenvalue weighted by molar-refractivity contribution is 5.37. The molecule has 0 fully saturated rings. The fourth-order valence-electron chi connectivity index (χ4n) is 2.07. The van der Waals surface area contributed by atoms with Crippen molar-refractivity contribution in [2.24, 2.45) is 0 Å². The van der Waals surface area contributed by atoms with E-state index in [1.54, 1.807) is 10.8 Å². The number of anilines is 1. The molecule has 2 aromatic heterocycles. The van der Waals surface area contributed by atoms with Crippen LogP contribution in [0.4, 0.5) is 5.82 Å². The van der Waals surface area contributed by atoms with Gasteiger partial charge in [0.25, 0.3) is 0 Å². The quantitative estimate of drug-likeness (QED) is 0.905. The third kappa shape index (κ3) is 3.44. The van der Waals surface area contributed by atoms with Crippen molar-refractivity contribution in [2.75, 3.05) is 11.9 Å². The SMILES string of the molecule is CCCNc1cc(Cn2c(C)cc(C)nc2=O)ccn1. The summed E-state index contributed by atoms with van der Waals surface area (Å²) in [5.41, 5.74) is 2.50. The van der Waals surface area contributed by atoms with Crippen molar-refractivity contribution in [2.45, 2.75) is 33.7 Å². The molecule has 0 saturated heterocycles. The smallest absolute Gasteiger partial charge is 0.348 e. The maximum absolute atomic E-state index is 11.9. The Hall–Kier alpha value is -2.17. The second kappa shape index (κ2) is 6.32. The molecule has 0 aliphatic carbocycles. The molecule has 106 valence electrons. The molecule has 20 heavy (non-hydrogen) atoms. The van der Waals surface area contributed by atoms with Gasteiger partial charge in [0.05, 0.1) is 6.54 Å². The van der Waals surface area contributed by atoms with E-state index >= 15 is 0 Å². The van der Waals surface area contributed by atoms with Gasteiger partial charge < -0.3 is 5.32 Å². The zero-order valence-corrected chi connectivity index (χ0v) is 12.2. The summed E-state index contributed by atoms with van der Waals surface area (Å²) in [6, 6.07) is 5.81. The highest BCUT2D eigenvalue weighted by Gasteiger charge is 2.05. The third-order valence-electron chi connectivity index (χ3n) is 3.07. The number of nitrogens with zero attached hydrogens (tertiary/aromatic N) is 3. The Morgan fingerprint density at radius 3 is 2.80 bits per heavy atom. The van der Waals surface area contributed by atoms with Crippen molar-refractivity contribution < 1.29 is 0 Å². The number of hydrogen-bond acceptors (Lipinski definition) is 4. The Morgan fingerprint density at radius 1 is 1.30 bits per heavy atom. The Balaban J connectivity index is 2.24. The standard InChI is InChI=1S/C15H20N4O/c1-4-6-16-14-9-13(5-7-17-14)10-19-12(3)8-11(2)18-15(19)20/h5,7-9H,4,6,10H2,1-3H3,(H,16,17). The molecule has 0 aliphatic heterocycles. The highest BCUT2D eigenvalue weighted by atomic mass is 16.1. The lowest BCUT2D eigenvalue weighted by molar-refractivity contribution is 0.693. The molecule has 2 heterocycles. The largest absolute Gasteiger partial charge is 0.370 e. The zero-order valence-electron chi connectivity index (χ0n) is 12.2. The van der Waals surface area contributed by atoms with Crippen LogP contribution in [0.2, 0.25) is 0 Å². The molecule has 1 N–H and O–H groups in total. The summed E-state index contributed by atoms with van der Waals surface area (Å²) in [5, 5.41) is 3.24. The van der Waals surface area contributed by atoms with Crippen LogP contribution in [0.5, 0.6) is 0 Å². The van der Waals surface area contributed by atoms with Gasteiger partial charge in [0.15, 0.2) is 0 Å². The van der Waals surface area contributed by atoms with Crippen molar-refractivity contribution in [1.82, 2.24) is 14.5 Å². The fraction of sp³-hybridized carbons (Fsp3) is 0.400. The van der Waals surface area contributed by atoms with Crippen molar-refractivity contribution >= 4 is 5.82 Å². The molecule has 0 unspecified atom stereocenters. The van der Waals surface area contributed by atoms with Crippen LogP contribution in [0.3, 0.4) is 0 Å². The van der Waals surface area contributed by atoms with Gasteiger partial charge in [0.1, 0.15) is 5.82 Å². The van der Waals surface area contributed by atoms with E-state index in [4.69, 9.17) is 0 Å². The Labute approximate surface area is 118 Å². The molecule has 2 aromatic rings. The predicted molar refractivity (Wildman–Crippen MR) is 80.1 cm³/mol. The molecular weight excluding hydrogens is 252 g/mol. The van der Waals surface area contributed by atoms with E-state index in [2.05, 4.69) is 22.2 Å². The number of hydrogen-bond donors (Lipinski definition) is 1. The van der Waals surface area contributed by atoms with Crippen LogP contribution < -0.4 is 11.0 Å². The number of pyridine rings is 1. The first-order valence-corrected chi connectivity index (χ1v) is 6.84. The third-order valence-corrected chi connectivity index (χ3v) is 3.07. The first kappa shape index (κ1) is 14.2. The van der Waals surface area contributed by atoms with E-state index in [0.717, 1.165) is 35.7 Å². The van der Waals surface area contributed by atoms with Crippen LogP contribution in [-0.2, 0) is 6.54 Å². The number of rotatable bonds is 5. The fourth-order valence-corrected chi connectivity index (χ4v) is 2.07. The Kier molecular flexibility index (Phi) is 4.50. The molecule has 0 spiro atoms. The van der Waals surface area contributed by atoms with E-state index in [9.17, 15) is 4.79 Å². The van der Waals surface area contributed by atoms with Crippen molar-refractivity contribution in [3.05, 3.63) is 51.8 Å². The molecule has 0 amide bonds. The van der Waals surface area contributed by atoms with Crippen LogP contribution in [-0.4, -0.2) is 21.1 Å². The Morgan fingerprint density at radius 2 is 2.10 bits per heavy atom. The monoisotopic (exact) mass is 272 g/mol. The van der Waals surface area contributed by atoms with Crippen LogP contribution in [0.1, 0.15) is 30.3 Å². The van der Waals surface area contributed by atoms with Crippen LogP contribution in [0.15, 0.2) is 29.2 Å². The molecule has 0 saturated carbocycles. The van der Waals surface area contributed by atoms with Gasteiger partial charge in [-0.05, 0) is 44.0 Å². The maximum Gasteiger partial charge on any atom is 0.348 e. The van der Waals surface area contributed by atoms with E-state index in [0.29, 0.717) is 6.54 Å². The molecule has 0 atom stereocenters. The Bertz CT molecular complexity index is 649. The van der Waals surface area contributed by atoms with Crippen LogP contribution >= 0.6 is 0 Å². The van der Waals surface area contributed by atoms with Crippen LogP contribution in [0, 0.1) is 13.8 Å². The zero-order chi connectivity index (χ0) is 14.5. The van der Waals surface area contributed by atoms with E-state index in [-0.39, 0.29) is 5.69 Å². The van der Waals surface area contributed by atoms with Crippen LogP contribution in [0.25, 0.3) is 0 Å². The van der Waals surface area contributed by atoms with Gasteiger partial charge in [-0.3, -0.25) is 4.57 Å². The van der Waals surface area contributed by atoms with Crippen molar-refractivity contribution in [3.8, 4) is 0 Å². The predicted octanol–water partition coefficient (Wildman–Crippen LogP) is 2.13. The number of aromatic nitrogens is 3. The molecule has 2 rings (SSSR count). The van der Waals surface area contributed by atoms with Gasteiger partial charge in [-0.2, -0.15) is 4.98 Å². The summed E-state index contributed by atoms with van der Waals surface area (Å²) in [6.45, 7) is 7.27.